The minimum Gasteiger partial charge on any atom is -0.382 e. The fourth-order valence-corrected chi connectivity index (χ4v) is 4.47. The van der Waals surface area contributed by atoms with Crippen LogP contribution in [0.5, 0.6) is 0 Å². The summed E-state index contributed by atoms with van der Waals surface area (Å²) >= 11 is 18.3. The van der Waals surface area contributed by atoms with Crippen LogP contribution >= 0.6 is 34.8 Å². The van der Waals surface area contributed by atoms with Crippen LogP contribution in [-0.4, -0.2) is 17.1 Å². The minimum atomic E-state index is 0.471. The molecule has 0 aliphatic heterocycles. The van der Waals surface area contributed by atoms with Crippen LogP contribution in [0.25, 0.3) is 10.9 Å². The molecule has 2 N–H and O–H groups in total. The van der Waals surface area contributed by atoms with Gasteiger partial charge in [0.15, 0.2) is 0 Å². The first-order valence-corrected chi connectivity index (χ1v) is 10.7. The van der Waals surface area contributed by atoms with Crippen molar-refractivity contribution < 1.29 is 0 Å². The molecule has 0 unspecified atom stereocenters. The van der Waals surface area contributed by atoms with Gasteiger partial charge in [-0.1, -0.05) is 40.9 Å². The van der Waals surface area contributed by atoms with Gasteiger partial charge in [-0.3, -0.25) is 4.98 Å². The van der Waals surface area contributed by atoms with Crippen LogP contribution in [0.3, 0.4) is 0 Å². The Balaban J connectivity index is 1.32. The van der Waals surface area contributed by atoms with Crippen molar-refractivity contribution in [1.82, 2.24) is 10.3 Å². The quantitative estimate of drug-likeness (QED) is 0.468. The van der Waals surface area contributed by atoms with E-state index in [9.17, 15) is 0 Å². The minimum absolute atomic E-state index is 0.471. The van der Waals surface area contributed by atoms with Crippen molar-refractivity contribution >= 4 is 51.4 Å². The van der Waals surface area contributed by atoms with Gasteiger partial charge >= 0.3 is 0 Å². The van der Waals surface area contributed by atoms with E-state index in [-0.39, 0.29) is 0 Å². The number of halogens is 3. The van der Waals surface area contributed by atoms with E-state index < -0.39 is 0 Å². The van der Waals surface area contributed by atoms with Gasteiger partial charge in [0.25, 0.3) is 0 Å². The number of benzene rings is 2. The molecule has 1 aromatic heterocycles. The highest BCUT2D eigenvalue weighted by Crippen LogP contribution is 2.28. The molecule has 3 nitrogen and oxygen atoms in total. The number of hydrogen-bond acceptors (Lipinski definition) is 3. The second-order valence-corrected chi connectivity index (χ2v) is 8.61. The molecule has 0 bridgehead atoms. The number of hydrogen-bond donors (Lipinski definition) is 2. The molecule has 0 spiro atoms. The second kappa shape index (κ2) is 8.87. The first-order chi connectivity index (χ1) is 13.6. The predicted molar refractivity (Wildman–Crippen MR) is 120 cm³/mol. The standard InChI is InChI=1S/C22H22Cl3N3/c23-15-2-1-14(20(25)11-15)13-27-17-4-6-18(7-5-17)28-21-9-10-26-22-12-16(24)3-8-19(21)22/h1-3,8-12,17-18,27H,4-7,13H2,(H,26,28). The summed E-state index contributed by atoms with van der Waals surface area (Å²) in [6.45, 7) is 0.772. The van der Waals surface area contributed by atoms with Crippen molar-refractivity contribution in [2.45, 2.75) is 44.3 Å². The Morgan fingerprint density at radius 2 is 1.57 bits per heavy atom. The van der Waals surface area contributed by atoms with Crippen LogP contribution in [0.15, 0.2) is 48.7 Å². The van der Waals surface area contributed by atoms with E-state index >= 15 is 0 Å². The Morgan fingerprint density at radius 1 is 0.857 bits per heavy atom. The molecule has 0 radical (unpaired) electrons. The van der Waals surface area contributed by atoms with E-state index in [1.54, 1.807) is 6.07 Å². The largest absolute Gasteiger partial charge is 0.382 e. The third kappa shape index (κ3) is 4.72. The van der Waals surface area contributed by atoms with Gasteiger partial charge < -0.3 is 10.6 Å². The lowest BCUT2D eigenvalue weighted by Crippen LogP contribution is -2.36. The average Bonchev–Trinajstić information content (AvgIpc) is 2.68. The lowest BCUT2D eigenvalue weighted by atomic mass is 9.90. The second-order valence-electron chi connectivity index (χ2n) is 7.33. The molecule has 1 aliphatic carbocycles. The summed E-state index contributed by atoms with van der Waals surface area (Å²) in [6.07, 6.45) is 6.37. The van der Waals surface area contributed by atoms with Crippen molar-refractivity contribution in [3.8, 4) is 0 Å². The summed E-state index contributed by atoms with van der Waals surface area (Å²) in [7, 11) is 0. The fourth-order valence-electron chi connectivity index (χ4n) is 3.83. The van der Waals surface area contributed by atoms with E-state index in [4.69, 9.17) is 34.8 Å². The molecule has 3 aromatic rings. The highest BCUT2D eigenvalue weighted by atomic mass is 35.5. The van der Waals surface area contributed by atoms with Gasteiger partial charge in [-0.05, 0) is 67.6 Å². The summed E-state index contributed by atoms with van der Waals surface area (Å²) < 4.78 is 0. The first kappa shape index (κ1) is 19.8. The molecule has 1 heterocycles. The van der Waals surface area contributed by atoms with Crippen LogP contribution in [-0.2, 0) is 6.54 Å². The molecule has 2 aromatic carbocycles. The summed E-state index contributed by atoms with van der Waals surface area (Å²) in [6, 6.07) is 14.6. The van der Waals surface area contributed by atoms with E-state index in [1.807, 2.05) is 42.6 Å². The zero-order valence-electron chi connectivity index (χ0n) is 15.4. The third-order valence-corrected chi connectivity index (χ3v) is 6.21. The zero-order chi connectivity index (χ0) is 19.5. The topological polar surface area (TPSA) is 37.0 Å². The average molecular weight is 435 g/mol. The number of fused-ring (bicyclic) bond motifs is 1. The van der Waals surface area contributed by atoms with Gasteiger partial charge in [-0.2, -0.15) is 0 Å². The number of pyridine rings is 1. The summed E-state index contributed by atoms with van der Waals surface area (Å²) in [5.41, 5.74) is 3.15. The van der Waals surface area contributed by atoms with Gasteiger partial charge in [0.1, 0.15) is 0 Å². The highest BCUT2D eigenvalue weighted by Gasteiger charge is 2.21. The maximum absolute atomic E-state index is 6.27. The van der Waals surface area contributed by atoms with Crippen LogP contribution in [0.4, 0.5) is 5.69 Å². The highest BCUT2D eigenvalue weighted by molar-refractivity contribution is 6.35. The number of anilines is 1. The van der Waals surface area contributed by atoms with Gasteiger partial charge in [0.05, 0.1) is 5.52 Å². The lowest BCUT2D eigenvalue weighted by molar-refractivity contribution is 0.353. The molecule has 1 aliphatic rings. The normalized spacial score (nSPS) is 19.7. The molecule has 146 valence electrons. The molecular weight excluding hydrogens is 413 g/mol. The van der Waals surface area contributed by atoms with Crippen LogP contribution in [0, 0.1) is 0 Å². The Kier molecular flexibility index (Phi) is 6.27. The molecule has 4 rings (SSSR count). The summed E-state index contributed by atoms with van der Waals surface area (Å²) in [4.78, 5) is 4.42. The first-order valence-electron chi connectivity index (χ1n) is 9.56. The summed E-state index contributed by atoms with van der Waals surface area (Å²) in [5.74, 6) is 0. The maximum atomic E-state index is 6.27. The number of nitrogens with one attached hydrogen (secondary N) is 2. The van der Waals surface area contributed by atoms with Gasteiger partial charge in [0.2, 0.25) is 0 Å². The van der Waals surface area contributed by atoms with Gasteiger partial charge in [-0.15, -0.1) is 0 Å². The zero-order valence-corrected chi connectivity index (χ0v) is 17.7. The van der Waals surface area contributed by atoms with E-state index in [1.165, 1.54) is 0 Å². The summed E-state index contributed by atoms with van der Waals surface area (Å²) in [5, 5.41) is 10.6. The van der Waals surface area contributed by atoms with Crippen molar-refractivity contribution in [2.75, 3.05) is 5.32 Å². The van der Waals surface area contributed by atoms with Crippen molar-refractivity contribution in [3.63, 3.8) is 0 Å². The van der Waals surface area contributed by atoms with Crippen LogP contribution < -0.4 is 10.6 Å². The van der Waals surface area contributed by atoms with E-state index in [0.29, 0.717) is 22.1 Å². The molecule has 1 saturated carbocycles. The van der Waals surface area contributed by atoms with Crippen LogP contribution in [0.1, 0.15) is 31.2 Å². The fraction of sp³-hybridized carbons (Fsp3) is 0.318. The lowest BCUT2D eigenvalue weighted by Gasteiger charge is -2.30. The smallest absolute Gasteiger partial charge is 0.0737 e. The molecule has 0 saturated heterocycles. The molecule has 1 fully saturated rings. The maximum Gasteiger partial charge on any atom is 0.0737 e. The SMILES string of the molecule is Clc1ccc(CNC2CCC(Nc3ccnc4cc(Cl)ccc34)CC2)c(Cl)c1. The van der Waals surface area contributed by atoms with E-state index in [0.717, 1.165) is 59.4 Å². The number of rotatable bonds is 5. The Labute approximate surface area is 180 Å². The number of aromatic nitrogens is 1. The predicted octanol–water partition coefficient (Wildman–Crippen LogP) is 6.71. The molecule has 28 heavy (non-hydrogen) atoms. The van der Waals surface area contributed by atoms with Gasteiger partial charge in [-0.25, -0.2) is 0 Å². The van der Waals surface area contributed by atoms with Crippen molar-refractivity contribution in [3.05, 3.63) is 69.3 Å². The Bertz CT molecular complexity index is 968. The number of nitrogens with zero attached hydrogens (tertiary/aromatic N) is 1. The van der Waals surface area contributed by atoms with Crippen molar-refractivity contribution in [1.29, 1.82) is 0 Å². The van der Waals surface area contributed by atoms with Crippen molar-refractivity contribution in [2.24, 2.45) is 0 Å². The Hall–Kier alpha value is -1.52. The van der Waals surface area contributed by atoms with Gasteiger partial charge in [0, 0.05) is 51.0 Å². The third-order valence-electron chi connectivity index (χ3n) is 5.39. The van der Waals surface area contributed by atoms with Crippen LogP contribution in [0.2, 0.25) is 15.1 Å². The molecule has 6 heteroatoms. The molecular formula is C22H22Cl3N3. The van der Waals surface area contributed by atoms with E-state index in [2.05, 4.69) is 15.6 Å². The Morgan fingerprint density at radius 3 is 2.36 bits per heavy atom. The molecule has 0 atom stereocenters. The molecule has 0 amide bonds. The monoisotopic (exact) mass is 433 g/mol.